The summed E-state index contributed by atoms with van der Waals surface area (Å²) in [5, 5.41) is 3.75. The number of nitrogen functional groups attached to an aromatic ring is 1. The molecule has 2 rings (SSSR count). The molecule has 1 aliphatic carbocycles. The van der Waals surface area contributed by atoms with E-state index < -0.39 is 0 Å². The van der Waals surface area contributed by atoms with E-state index in [9.17, 15) is 4.79 Å². The van der Waals surface area contributed by atoms with Gasteiger partial charge in [0.15, 0.2) is 5.13 Å². The van der Waals surface area contributed by atoms with Crippen LogP contribution in [0.3, 0.4) is 0 Å². The zero-order chi connectivity index (χ0) is 15.4. The van der Waals surface area contributed by atoms with Gasteiger partial charge in [-0.3, -0.25) is 4.79 Å². The predicted molar refractivity (Wildman–Crippen MR) is 88.1 cm³/mol. The normalized spacial score (nSPS) is 14.5. The van der Waals surface area contributed by atoms with Crippen molar-refractivity contribution in [2.75, 3.05) is 43.9 Å². The zero-order valence-electron chi connectivity index (χ0n) is 13.1. The van der Waals surface area contributed by atoms with Gasteiger partial charge in [0.2, 0.25) is 0 Å². The number of aromatic nitrogens is 1. The Morgan fingerprint density at radius 2 is 2.10 bits per heavy atom. The lowest BCUT2D eigenvalue weighted by atomic mass is 10.4. The van der Waals surface area contributed by atoms with Gasteiger partial charge in [-0.05, 0) is 33.7 Å². The number of anilines is 2. The van der Waals surface area contributed by atoms with E-state index in [0.29, 0.717) is 23.3 Å². The summed E-state index contributed by atoms with van der Waals surface area (Å²) in [4.78, 5) is 21.4. The summed E-state index contributed by atoms with van der Waals surface area (Å²) < 4.78 is 0. The number of carbonyl (C=O) groups is 1. The van der Waals surface area contributed by atoms with Crippen molar-refractivity contribution in [3.63, 3.8) is 0 Å². The lowest BCUT2D eigenvalue weighted by molar-refractivity contribution is 0.0954. The molecule has 3 N–H and O–H groups in total. The standard InChI is InChI=1S/C14H25N5OS/c1-4-19(5-2)14-17-12(15)11(21-14)13(20)16-8-9-18(3)10-6-7-10/h10H,4-9,15H2,1-3H3,(H,16,20). The van der Waals surface area contributed by atoms with Crippen LogP contribution in [0.15, 0.2) is 0 Å². The molecule has 0 unspecified atom stereocenters. The second kappa shape index (κ2) is 7.09. The molecule has 7 heteroatoms. The highest BCUT2D eigenvalue weighted by atomic mass is 32.1. The van der Waals surface area contributed by atoms with Crippen molar-refractivity contribution in [2.45, 2.75) is 32.7 Å². The van der Waals surface area contributed by atoms with Gasteiger partial charge in [0, 0.05) is 32.2 Å². The number of likely N-dealkylation sites (N-methyl/N-ethyl adjacent to an activating group) is 1. The van der Waals surface area contributed by atoms with Crippen LogP contribution < -0.4 is 16.0 Å². The number of nitrogens with one attached hydrogen (secondary N) is 1. The highest BCUT2D eigenvalue weighted by Gasteiger charge is 2.25. The SMILES string of the molecule is CCN(CC)c1nc(N)c(C(=O)NCCN(C)C2CC2)s1. The fourth-order valence-electron chi connectivity index (χ4n) is 2.24. The van der Waals surface area contributed by atoms with Gasteiger partial charge in [-0.25, -0.2) is 4.98 Å². The van der Waals surface area contributed by atoms with Crippen molar-refractivity contribution in [3.05, 3.63) is 4.88 Å². The van der Waals surface area contributed by atoms with Crippen molar-refractivity contribution in [1.29, 1.82) is 0 Å². The Bertz CT molecular complexity index is 482. The molecule has 1 saturated carbocycles. The van der Waals surface area contributed by atoms with Gasteiger partial charge in [-0.1, -0.05) is 11.3 Å². The van der Waals surface area contributed by atoms with Gasteiger partial charge < -0.3 is 20.9 Å². The first-order valence-electron chi connectivity index (χ1n) is 7.56. The minimum absolute atomic E-state index is 0.118. The molecule has 0 saturated heterocycles. The summed E-state index contributed by atoms with van der Waals surface area (Å²) in [5.41, 5.74) is 5.88. The van der Waals surface area contributed by atoms with Gasteiger partial charge in [-0.15, -0.1) is 0 Å². The third kappa shape index (κ3) is 4.07. The largest absolute Gasteiger partial charge is 0.382 e. The lowest BCUT2D eigenvalue weighted by Gasteiger charge is -2.16. The van der Waals surface area contributed by atoms with Gasteiger partial charge >= 0.3 is 0 Å². The average Bonchev–Trinajstić information content (AvgIpc) is 3.24. The Labute approximate surface area is 130 Å². The molecule has 1 aliphatic rings. The first-order chi connectivity index (χ1) is 10.1. The van der Waals surface area contributed by atoms with Crippen LogP contribution in [0.1, 0.15) is 36.4 Å². The molecule has 6 nitrogen and oxygen atoms in total. The first kappa shape index (κ1) is 16.0. The maximum atomic E-state index is 12.2. The minimum Gasteiger partial charge on any atom is -0.382 e. The Balaban J connectivity index is 1.89. The molecule has 1 amide bonds. The summed E-state index contributed by atoms with van der Waals surface area (Å²) >= 11 is 1.37. The Kier molecular flexibility index (Phi) is 5.41. The molecule has 0 aliphatic heterocycles. The van der Waals surface area contributed by atoms with Crippen LogP contribution in [-0.4, -0.2) is 55.1 Å². The van der Waals surface area contributed by atoms with E-state index in [4.69, 9.17) is 5.73 Å². The van der Waals surface area contributed by atoms with Crippen molar-refractivity contribution >= 4 is 28.2 Å². The minimum atomic E-state index is -0.118. The van der Waals surface area contributed by atoms with Gasteiger partial charge in [0.25, 0.3) is 5.91 Å². The highest BCUT2D eigenvalue weighted by molar-refractivity contribution is 7.18. The zero-order valence-corrected chi connectivity index (χ0v) is 13.9. The van der Waals surface area contributed by atoms with Crippen LogP contribution in [0.25, 0.3) is 0 Å². The van der Waals surface area contributed by atoms with Gasteiger partial charge in [-0.2, -0.15) is 0 Å². The summed E-state index contributed by atoms with van der Waals surface area (Å²) in [7, 11) is 2.10. The molecule has 118 valence electrons. The third-order valence-electron chi connectivity index (χ3n) is 3.80. The van der Waals surface area contributed by atoms with Gasteiger partial charge in [0.1, 0.15) is 10.7 Å². The van der Waals surface area contributed by atoms with Crippen LogP contribution in [-0.2, 0) is 0 Å². The summed E-state index contributed by atoms with van der Waals surface area (Å²) in [6, 6.07) is 0.713. The quantitative estimate of drug-likeness (QED) is 0.759. The monoisotopic (exact) mass is 311 g/mol. The molecule has 1 heterocycles. The number of nitrogens with two attached hydrogens (primary N) is 1. The Morgan fingerprint density at radius 1 is 1.43 bits per heavy atom. The average molecular weight is 311 g/mol. The van der Waals surface area contributed by atoms with Crippen LogP contribution in [0, 0.1) is 0 Å². The molecule has 0 atom stereocenters. The predicted octanol–water partition coefficient (Wildman–Crippen LogP) is 1.40. The summed E-state index contributed by atoms with van der Waals surface area (Å²) in [5.74, 6) is 0.211. The van der Waals surface area contributed by atoms with Crippen LogP contribution in [0.4, 0.5) is 10.9 Å². The fraction of sp³-hybridized carbons (Fsp3) is 0.714. The maximum Gasteiger partial charge on any atom is 0.265 e. The highest BCUT2D eigenvalue weighted by Crippen LogP contribution is 2.28. The molecule has 0 aromatic carbocycles. The Hall–Kier alpha value is -1.34. The third-order valence-corrected chi connectivity index (χ3v) is 4.93. The summed E-state index contributed by atoms with van der Waals surface area (Å²) in [6.07, 6.45) is 2.55. The summed E-state index contributed by atoms with van der Waals surface area (Å²) in [6.45, 7) is 7.36. The van der Waals surface area contributed by atoms with E-state index in [0.717, 1.165) is 24.8 Å². The van der Waals surface area contributed by atoms with Gasteiger partial charge in [0.05, 0.1) is 0 Å². The van der Waals surface area contributed by atoms with Crippen molar-refractivity contribution in [2.24, 2.45) is 0 Å². The molecule has 1 aromatic rings. The fourth-order valence-corrected chi connectivity index (χ4v) is 3.27. The Morgan fingerprint density at radius 3 is 2.67 bits per heavy atom. The smallest absolute Gasteiger partial charge is 0.265 e. The lowest BCUT2D eigenvalue weighted by Crippen LogP contribution is -2.33. The number of thiazole rings is 1. The van der Waals surface area contributed by atoms with Crippen molar-refractivity contribution in [1.82, 2.24) is 15.2 Å². The van der Waals surface area contributed by atoms with E-state index in [1.807, 2.05) is 0 Å². The molecule has 0 spiro atoms. The van der Waals surface area contributed by atoms with Crippen LogP contribution in [0.5, 0.6) is 0 Å². The molecule has 0 radical (unpaired) electrons. The first-order valence-corrected chi connectivity index (χ1v) is 8.38. The van der Waals surface area contributed by atoms with E-state index in [1.54, 1.807) is 0 Å². The number of amides is 1. The molecular weight excluding hydrogens is 286 g/mol. The molecule has 21 heavy (non-hydrogen) atoms. The number of hydrogen-bond acceptors (Lipinski definition) is 6. The van der Waals surface area contributed by atoms with E-state index >= 15 is 0 Å². The second-order valence-electron chi connectivity index (χ2n) is 5.35. The van der Waals surface area contributed by atoms with E-state index in [-0.39, 0.29) is 5.91 Å². The van der Waals surface area contributed by atoms with E-state index in [2.05, 4.69) is 41.0 Å². The second-order valence-corrected chi connectivity index (χ2v) is 6.33. The number of nitrogens with zero attached hydrogens (tertiary/aromatic N) is 3. The van der Waals surface area contributed by atoms with Crippen molar-refractivity contribution in [3.8, 4) is 0 Å². The van der Waals surface area contributed by atoms with E-state index in [1.165, 1.54) is 24.2 Å². The number of hydrogen-bond donors (Lipinski definition) is 2. The number of carbonyl (C=O) groups excluding carboxylic acids is 1. The molecule has 0 bridgehead atoms. The molecular formula is C14H25N5OS. The van der Waals surface area contributed by atoms with Crippen molar-refractivity contribution < 1.29 is 4.79 Å². The van der Waals surface area contributed by atoms with Crippen LogP contribution >= 0.6 is 11.3 Å². The topological polar surface area (TPSA) is 74.5 Å². The molecule has 1 aromatic heterocycles. The van der Waals surface area contributed by atoms with Crippen LogP contribution in [0.2, 0.25) is 0 Å². The molecule has 1 fully saturated rings. The number of rotatable bonds is 8. The maximum absolute atomic E-state index is 12.2.